The Kier molecular flexibility index (Phi) is 21.8. The van der Waals surface area contributed by atoms with Crippen LogP contribution in [0.3, 0.4) is 0 Å². The zero-order valence-corrected chi connectivity index (χ0v) is 43.0. The predicted molar refractivity (Wildman–Crippen MR) is 262 cm³/mol. The van der Waals surface area contributed by atoms with E-state index in [4.69, 9.17) is 9.47 Å². The number of carbonyl (C=O) groups excluding carboxylic acids is 7. The quantitative estimate of drug-likeness (QED) is 0.0847. The number of nitrogens with one attached hydrogen (secondary N) is 2. The third kappa shape index (κ3) is 14.5. The molecule has 1 saturated heterocycles. The van der Waals surface area contributed by atoms with Crippen LogP contribution in [-0.4, -0.2) is 144 Å². The molecular formula is C51H77N7O9S. The summed E-state index contributed by atoms with van der Waals surface area (Å²) in [6.07, 6.45) is 7.44. The number of aromatic nitrogens is 1. The molecule has 68 heavy (non-hydrogen) atoms. The van der Waals surface area contributed by atoms with Crippen molar-refractivity contribution < 1.29 is 43.0 Å². The molecule has 2 N–H and O–H groups in total. The van der Waals surface area contributed by atoms with E-state index in [9.17, 15) is 33.6 Å². The van der Waals surface area contributed by atoms with E-state index in [0.717, 1.165) is 17.0 Å². The maximum absolute atomic E-state index is 14.6. The highest BCUT2D eigenvalue weighted by Gasteiger charge is 2.44. The molecule has 0 spiro atoms. The number of likely N-dealkylation sites (tertiary alicyclic amines) is 1. The number of ether oxygens (including phenoxy) is 2. The van der Waals surface area contributed by atoms with E-state index in [0.29, 0.717) is 45.1 Å². The molecule has 1 aromatic heterocycles. The Balaban J connectivity index is 1.42. The molecule has 9 atom stereocenters. The van der Waals surface area contributed by atoms with Crippen LogP contribution in [0.15, 0.2) is 54.1 Å². The zero-order valence-electron chi connectivity index (χ0n) is 42.1. The van der Waals surface area contributed by atoms with Gasteiger partial charge in [0.25, 0.3) is 11.8 Å². The summed E-state index contributed by atoms with van der Waals surface area (Å²) in [6.45, 7) is 14.1. The van der Waals surface area contributed by atoms with Crippen molar-refractivity contribution in [2.75, 3.05) is 41.4 Å². The van der Waals surface area contributed by atoms with Gasteiger partial charge in [0.05, 0.1) is 42.7 Å². The van der Waals surface area contributed by atoms with Gasteiger partial charge < -0.3 is 34.8 Å². The monoisotopic (exact) mass is 964 g/mol. The Bertz CT molecular complexity index is 2000. The van der Waals surface area contributed by atoms with Crippen LogP contribution in [0.5, 0.6) is 0 Å². The summed E-state index contributed by atoms with van der Waals surface area (Å²) in [4.78, 5) is 105. The normalized spacial score (nSPS) is 18.5. The molecule has 2 aromatic rings. The van der Waals surface area contributed by atoms with Crippen LogP contribution in [0.1, 0.15) is 116 Å². The first-order valence-corrected chi connectivity index (χ1v) is 25.2. The number of thiazole rings is 1. The number of nitrogens with zero attached hydrogens (tertiary/aromatic N) is 5. The van der Waals surface area contributed by atoms with Gasteiger partial charge in [0.15, 0.2) is 0 Å². The molecule has 0 aliphatic carbocycles. The van der Waals surface area contributed by atoms with E-state index in [-0.39, 0.29) is 84.7 Å². The molecule has 16 nitrogen and oxygen atoms in total. The molecule has 0 saturated carbocycles. The fourth-order valence-corrected chi connectivity index (χ4v) is 10.4. The first-order chi connectivity index (χ1) is 32.4. The van der Waals surface area contributed by atoms with Crippen molar-refractivity contribution in [3.8, 4) is 0 Å². The lowest BCUT2D eigenvalue weighted by molar-refractivity contribution is -0.148. The highest BCUT2D eigenvalue weighted by atomic mass is 32.1. The summed E-state index contributed by atoms with van der Waals surface area (Å²) >= 11 is 1.49. The fraction of sp³-hybridized carbons (Fsp3) is 0.647. The maximum atomic E-state index is 14.6. The number of carbonyl (C=O) groups is 7. The van der Waals surface area contributed by atoms with E-state index >= 15 is 0 Å². The van der Waals surface area contributed by atoms with Crippen LogP contribution < -0.4 is 10.6 Å². The van der Waals surface area contributed by atoms with Crippen molar-refractivity contribution in [2.24, 2.45) is 23.7 Å². The molecule has 2 aliphatic rings. The van der Waals surface area contributed by atoms with Crippen molar-refractivity contribution in [2.45, 2.75) is 149 Å². The topological polar surface area (TPSA) is 188 Å². The summed E-state index contributed by atoms with van der Waals surface area (Å²) in [6, 6.07) is 6.91. The molecule has 376 valence electrons. The molecule has 0 bridgehead atoms. The largest absolute Gasteiger partial charge is 0.379 e. The SMILES string of the molecule is CCC(C)C(C(CC(=O)N1CCCC1C(OC)C(C)C(=O)NC(Cc1ccccc1)c1nccs1)OC)N(C)C(=O)[C@@H](NC(=O)C(C(C)C)N(C)C(=O)CCCCCN1C(=O)C=CC1=O)C(C)C. The van der Waals surface area contributed by atoms with Gasteiger partial charge in [-0.05, 0) is 55.4 Å². The van der Waals surface area contributed by atoms with Gasteiger partial charge in [0, 0.05) is 71.6 Å². The average Bonchev–Trinajstić information content (AvgIpc) is 4.10. The second kappa shape index (κ2) is 26.7. The average molecular weight is 964 g/mol. The lowest BCUT2D eigenvalue weighted by atomic mass is 9.89. The molecule has 7 amide bonds. The molecule has 3 heterocycles. The molecule has 0 radical (unpaired) electrons. The van der Waals surface area contributed by atoms with E-state index in [1.807, 2.05) is 84.2 Å². The maximum Gasteiger partial charge on any atom is 0.253 e. The third-order valence-electron chi connectivity index (χ3n) is 13.7. The van der Waals surface area contributed by atoms with Crippen LogP contribution >= 0.6 is 11.3 Å². The Morgan fingerprint density at radius 1 is 0.868 bits per heavy atom. The van der Waals surface area contributed by atoms with Crippen LogP contribution in [0, 0.1) is 23.7 Å². The van der Waals surface area contributed by atoms with Crippen LogP contribution in [-0.2, 0) is 49.5 Å². The predicted octanol–water partition coefficient (Wildman–Crippen LogP) is 5.57. The minimum atomic E-state index is -0.941. The van der Waals surface area contributed by atoms with Gasteiger partial charge in [-0.3, -0.25) is 38.5 Å². The second-order valence-electron chi connectivity index (χ2n) is 19.1. The fourth-order valence-electron chi connectivity index (χ4n) is 9.67. The molecule has 4 rings (SSSR count). The standard InChI is InChI=1S/C51H77N7O9S/c1-12-34(6)46(56(9)51(65)44(32(2)3)54-49(64)45(33(4)5)55(8)40(59)23-17-14-18-27-58-41(60)24-25-42(58)61)39(66-10)31-43(62)57-28-19-22-38(57)47(67-11)35(7)48(63)53-37(50-52-26-29-68-50)30-36-20-15-13-16-21-36/h13,15-16,20-21,24-26,29,32-35,37-39,44-47H,12,14,17-19,22-23,27-28,30-31H2,1-11H3,(H,53,63)(H,54,64)/t34?,35?,37?,38?,39?,44-,45?,46?,47?/m0/s1. The number of rotatable bonds is 27. The lowest BCUT2D eigenvalue weighted by Crippen LogP contribution is -2.60. The second-order valence-corrected chi connectivity index (χ2v) is 20.0. The Labute approximate surface area is 407 Å². The number of likely N-dealkylation sites (N-methyl/N-ethyl adjacent to an activating group) is 2. The number of imide groups is 1. The van der Waals surface area contributed by atoms with Gasteiger partial charge >= 0.3 is 0 Å². The first-order valence-electron chi connectivity index (χ1n) is 24.3. The summed E-state index contributed by atoms with van der Waals surface area (Å²) in [5, 5.41) is 8.92. The van der Waals surface area contributed by atoms with E-state index in [2.05, 4.69) is 15.6 Å². The lowest BCUT2D eigenvalue weighted by Gasteiger charge is -2.41. The Hall–Kier alpha value is -5.00. The van der Waals surface area contributed by atoms with Gasteiger partial charge in [0.2, 0.25) is 29.5 Å². The van der Waals surface area contributed by atoms with E-state index in [1.54, 1.807) is 44.3 Å². The molecule has 1 aromatic carbocycles. The number of methoxy groups -OCH3 is 2. The molecular weight excluding hydrogens is 887 g/mol. The minimum absolute atomic E-state index is 0.0212. The number of benzene rings is 1. The van der Waals surface area contributed by atoms with Gasteiger partial charge in [-0.15, -0.1) is 11.3 Å². The Morgan fingerprint density at radius 2 is 1.54 bits per heavy atom. The third-order valence-corrected chi connectivity index (χ3v) is 14.6. The van der Waals surface area contributed by atoms with Gasteiger partial charge in [-0.2, -0.15) is 0 Å². The number of unbranched alkanes of at least 4 members (excludes halogenated alkanes) is 2. The Morgan fingerprint density at radius 3 is 2.12 bits per heavy atom. The van der Waals surface area contributed by atoms with Gasteiger partial charge in [0.1, 0.15) is 17.1 Å². The van der Waals surface area contributed by atoms with Crippen LogP contribution in [0.4, 0.5) is 0 Å². The molecule has 1 fully saturated rings. The number of hydrogen-bond acceptors (Lipinski definition) is 11. The summed E-state index contributed by atoms with van der Waals surface area (Å²) < 4.78 is 12.1. The van der Waals surface area contributed by atoms with Crippen molar-refractivity contribution >= 4 is 52.7 Å². The van der Waals surface area contributed by atoms with Crippen molar-refractivity contribution in [1.82, 2.24) is 35.2 Å². The van der Waals surface area contributed by atoms with Crippen molar-refractivity contribution in [3.05, 3.63) is 64.6 Å². The molecule has 8 unspecified atom stereocenters. The molecule has 2 aliphatic heterocycles. The van der Waals surface area contributed by atoms with Gasteiger partial charge in [-0.1, -0.05) is 91.6 Å². The number of amides is 7. The number of hydrogen-bond donors (Lipinski definition) is 2. The smallest absolute Gasteiger partial charge is 0.253 e. The van der Waals surface area contributed by atoms with Crippen LogP contribution in [0.2, 0.25) is 0 Å². The summed E-state index contributed by atoms with van der Waals surface area (Å²) in [7, 11) is 6.40. The highest BCUT2D eigenvalue weighted by molar-refractivity contribution is 7.09. The van der Waals surface area contributed by atoms with E-state index in [1.165, 1.54) is 33.3 Å². The van der Waals surface area contributed by atoms with Crippen molar-refractivity contribution in [1.29, 1.82) is 0 Å². The summed E-state index contributed by atoms with van der Waals surface area (Å²) in [5.41, 5.74) is 1.07. The first kappa shape index (κ1) is 55.6. The van der Waals surface area contributed by atoms with Gasteiger partial charge in [-0.25, -0.2) is 4.98 Å². The van der Waals surface area contributed by atoms with Crippen molar-refractivity contribution in [3.63, 3.8) is 0 Å². The summed E-state index contributed by atoms with van der Waals surface area (Å²) in [5.74, 6) is -3.32. The van der Waals surface area contributed by atoms with Crippen LogP contribution in [0.25, 0.3) is 0 Å². The van der Waals surface area contributed by atoms with E-state index < -0.39 is 42.2 Å². The minimum Gasteiger partial charge on any atom is -0.379 e. The highest BCUT2D eigenvalue weighted by Crippen LogP contribution is 2.31. The molecule has 17 heteroatoms. The zero-order chi connectivity index (χ0) is 50.2.